The van der Waals surface area contributed by atoms with Gasteiger partial charge in [-0.25, -0.2) is 4.79 Å². The van der Waals surface area contributed by atoms with Gasteiger partial charge in [0.05, 0.1) is 6.61 Å². The maximum Gasteiger partial charge on any atom is 0.407 e. The van der Waals surface area contributed by atoms with Crippen molar-refractivity contribution in [2.45, 2.75) is 13.5 Å². The van der Waals surface area contributed by atoms with Gasteiger partial charge in [0.15, 0.2) is 0 Å². The predicted octanol–water partition coefficient (Wildman–Crippen LogP) is 3.60. The minimum absolute atomic E-state index is 0.159. The summed E-state index contributed by atoms with van der Waals surface area (Å²) in [5.41, 5.74) is 1.61. The van der Waals surface area contributed by atoms with E-state index in [1.807, 2.05) is 24.3 Å². The number of hydrogen-bond donors (Lipinski definition) is 2. The van der Waals surface area contributed by atoms with Gasteiger partial charge in [-0.15, -0.1) is 0 Å². The van der Waals surface area contributed by atoms with Crippen molar-refractivity contribution in [2.24, 2.45) is 0 Å². The Morgan fingerprint density at radius 3 is 2.36 bits per heavy atom. The van der Waals surface area contributed by atoms with Crippen LogP contribution in [0.1, 0.15) is 12.5 Å². The van der Waals surface area contributed by atoms with Crippen LogP contribution in [0.5, 0.6) is 5.75 Å². The van der Waals surface area contributed by atoms with Gasteiger partial charge in [0.1, 0.15) is 18.9 Å². The van der Waals surface area contributed by atoms with Gasteiger partial charge in [0, 0.05) is 10.7 Å². The molecule has 0 aromatic heterocycles. The molecule has 132 valence electrons. The Morgan fingerprint density at radius 2 is 1.72 bits per heavy atom. The standard InChI is InChI=1S/C18H19ClN2O4/c1-2-24-18(23)20-11-17(22)21-15-7-9-16(10-8-15)25-12-13-3-5-14(19)6-4-13/h3-10H,2,11-12H2,1H3,(H,20,23)(H,21,22). The molecule has 2 aromatic carbocycles. The van der Waals surface area contributed by atoms with Gasteiger partial charge in [-0.3, -0.25) is 4.79 Å². The normalized spacial score (nSPS) is 10.0. The summed E-state index contributed by atoms with van der Waals surface area (Å²) in [4.78, 5) is 22.8. The van der Waals surface area contributed by atoms with E-state index < -0.39 is 6.09 Å². The van der Waals surface area contributed by atoms with Crippen molar-refractivity contribution >= 4 is 29.3 Å². The van der Waals surface area contributed by atoms with Crippen LogP contribution in [0.4, 0.5) is 10.5 Å². The number of carbonyl (C=O) groups excluding carboxylic acids is 2. The summed E-state index contributed by atoms with van der Waals surface area (Å²) in [5, 5.41) is 5.70. The van der Waals surface area contributed by atoms with Crippen molar-refractivity contribution in [3.63, 3.8) is 0 Å². The van der Waals surface area contributed by atoms with Crippen LogP contribution in [0.2, 0.25) is 5.02 Å². The maximum atomic E-state index is 11.7. The minimum atomic E-state index is -0.622. The molecule has 0 atom stereocenters. The summed E-state index contributed by atoms with van der Waals surface area (Å²) in [6.45, 7) is 2.21. The van der Waals surface area contributed by atoms with Crippen LogP contribution >= 0.6 is 11.6 Å². The first-order valence-corrected chi connectivity index (χ1v) is 8.12. The molecule has 0 unspecified atom stereocenters. The van der Waals surface area contributed by atoms with E-state index in [1.165, 1.54) is 0 Å². The second kappa shape index (κ2) is 9.54. The lowest BCUT2D eigenvalue weighted by Gasteiger charge is -2.09. The monoisotopic (exact) mass is 362 g/mol. The van der Waals surface area contributed by atoms with E-state index in [9.17, 15) is 9.59 Å². The molecule has 0 saturated heterocycles. The number of nitrogens with one attached hydrogen (secondary N) is 2. The summed E-state index contributed by atoms with van der Waals surface area (Å²) in [6, 6.07) is 14.4. The number of anilines is 1. The average molecular weight is 363 g/mol. The lowest BCUT2D eigenvalue weighted by atomic mass is 10.2. The third-order valence-electron chi connectivity index (χ3n) is 3.13. The van der Waals surface area contributed by atoms with Gasteiger partial charge in [0.2, 0.25) is 5.91 Å². The first-order valence-electron chi connectivity index (χ1n) is 7.74. The summed E-state index contributed by atoms with van der Waals surface area (Å²) >= 11 is 5.84. The van der Waals surface area contributed by atoms with Gasteiger partial charge in [0.25, 0.3) is 0 Å². The molecular formula is C18H19ClN2O4. The molecule has 0 bridgehead atoms. The van der Waals surface area contributed by atoms with Crippen LogP contribution in [0, 0.1) is 0 Å². The Hall–Kier alpha value is -2.73. The van der Waals surface area contributed by atoms with E-state index >= 15 is 0 Å². The van der Waals surface area contributed by atoms with Crippen molar-refractivity contribution in [2.75, 3.05) is 18.5 Å². The second-order valence-electron chi connectivity index (χ2n) is 5.06. The van der Waals surface area contributed by atoms with Crippen LogP contribution in [-0.4, -0.2) is 25.2 Å². The van der Waals surface area contributed by atoms with E-state index in [0.717, 1.165) is 5.56 Å². The first-order chi connectivity index (χ1) is 12.1. The zero-order valence-corrected chi connectivity index (χ0v) is 14.5. The van der Waals surface area contributed by atoms with E-state index in [0.29, 0.717) is 23.1 Å². The number of benzene rings is 2. The predicted molar refractivity (Wildman–Crippen MR) is 95.9 cm³/mol. The molecule has 6 nitrogen and oxygen atoms in total. The molecule has 0 radical (unpaired) electrons. The fourth-order valence-corrected chi connectivity index (χ4v) is 2.05. The highest BCUT2D eigenvalue weighted by Crippen LogP contribution is 2.17. The van der Waals surface area contributed by atoms with Gasteiger partial charge in [-0.05, 0) is 48.9 Å². The van der Waals surface area contributed by atoms with Gasteiger partial charge >= 0.3 is 6.09 Å². The number of amides is 2. The molecule has 2 amide bonds. The molecule has 25 heavy (non-hydrogen) atoms. The molecule has 0 spiro atoms. The summed E-state index contributed by atoms with van der Waals surface area (Å²) < 4.78 is 10.3. The number of rotatable bonds is 7. The molecule has 2 aromatic rings. The minimum Gasteiger partial charge on any atom is -0.489 e. The van der Waals surface area contributed by atoms with Crippen molar-refractivity contribution in [1.29, 1.82) is 0 Å². The van der Waals surface area contributed by atoms with Gasteiger partial charge in [-0.2, -0.15) is 0 Å². The Labute approximate surface area is 151 Å². The highest BCUT2D eigenvalue weighted by atomic mass is 35.5. The van der Waals surface area contributed by atoms with Crippen LogP contribution in [0.3, 0.4) is 0 Å². The van der Waals surface area contributed by atoms with Gasteiger partial charge < -0.3 is 20.1 Å². The largest absolute Gasteiger partial charge is 0.489 e. The average Bonchev–Trinajstić information content (AvgIpc) is 2.61. The number of carbonyl (C=O) groups is 2. The number of halogens is 1. The highest BCUT2D eigenvalue weighted by molar-refractivity contribution is 6.30. The van der Waals surface area contributed by atoms with Crippen LogP contribution < -0.4 is 15.4 Å². The Bertz CT molecular complexity index is 702. The van der Waals surface area contributed by atoms with Crippen molar-refractivity contribution < 1.29 is 19.1 Å². The SMILES string of the molecule is CCOC(=O)NCC(=O)Nc1ccc(OCc2ccc(Cl)cc2)cc1. The molecular weight excluding hydrogens is 344 g/mol. The lowest BCUT2D eigenvalue weighted by molar-refractivity contribution is -0.115. The Balaban J connectivity index is 1.78. The second-order valence-corrected chi connectivity index (χ2v) is 5.50. The molecule has 0 fully saturated rings. The zero-order valence-electron chi connectivity index (χ0n) is 13.8. The van der Waals surface area contributed by atoms with Crippen LogP contribution in [0.15, 0.2) is 48.5 Å². The van der Waals surface area contributed by atoms with Crippen molar-refractivity contribution in [3.05, 3.63) is 59.1 Å². The van der Waals surface area contributed by atoms with Crippen LogP contribution in [-0.2, 0) is 16.1 Å². The lowest BCUT2D eigenvalue weighted by Crippen LogP contribution is -2.33. The Kier molecular flexibility index (Phi) is 7.10. The molecule has 7 heteroatoms. The molecule has 0 aliphatic heterocycles. The third-order valence-corrected chi connectivity index (χ3v) is 3.38. The maximum absolute atomic E-state index is 11.7. The summed E-state index contributed by atoms with van der Waals surface area (Å²) in [7, 11) is 0. The molecule has 0 saturated carbocycles. The van der Waals surface area contributed by atoms with E-state index in [2.05, 4.69) is 15.4 Å². The number of alkyl carbamates (subject to hydrolysis) is 1. The molecule has 2 N–H and O–H groups in total. The zero-order chi connectivity index (χ0) is 18.1. The first kappa shape index (κ1) is 18.6. The molecule has 0 heterocycles. The third kappa shape index (κ3) is 6.73. The Morgan fingerprint density at radius 1 is 1.04 bits per heavy atom. The van der Waals surface area contributed by atoms with Crippen molar-refractivity contribution in [3.8, 4) is 5.75 Å². The molecule has 0 aliphatic carbocycles. The quantitative estimate of drug-likeness (QED) is 0.789. The molecule has 0 aliphatic rings. The number of ether oxygens (including phenoxy) is 2. The van der Waals surface area contributed by atoms with E-state index in [1.54, 1.807) is 31.2 Å². The van der Waals surface area contributed by atoms with Crippen molar-refractivity contribution in [1.82, 2.24) is 5.32 Å². The molecule has 2 rings (SSSR count). The summed E-state index contributed by atoms with van der Waals surface area (Å²) in [6.07, 6.45) is -0.622. The smallest absolute Gasteiger partial charge is 0.407 e. The fourth-order valence-electron chi connectivity index (χ4n) is 1.92. The highest BCUT2D eigenvalue weighted by Gasteiger charge is 2.06. The fraction of sp³-hybridized carbons (Fsp3) is 0.222. The van der Waals surface area contributed by atoms with Gasteiger partial charge in [-0.1, -0.05) is 23.7 Å². The van der Waals surface area contributed by atoms with E-state index in [-0.39, 0.29) is 19.1 Å². The van der Waals surface area contributed by atoms with Crippen LogP contribution in [0.25, 0.3) is 0 Å². The number of hydrogen-bond acceptors (Lipinski definition) is 4. The van der Waals surface area contributed by atoms with E-state index in [4.69, 9.17) is 16.3 Å². The topological polar surface area (TPSA) is 76.7 Å². The summed E-state index contributed by atoms with van der Waals surface area (Å²) in [5.74, 6) is 0.334.